The van der Waals surface area contributed by atoms with Crippen LogP contribution in [0.2, 0.25) is 0 Å². The Labute approximate surface area is 71.5 Å². The highest BCUT2D eigenvalue weighted by molar-refractivity contribution is 9.09. The quantitative estimate of drug-likeness (QED) is 0.529. The molecule has 0 aromatic carbocycles. The molecule has 58 valence electrons. The summed E-state index contributed by atoms with van der Waals surface area (Å²) in [4.78, 5) is 0.908. The first-order chi connectivity index (χ1) is 4.89. The molecule has 2 saturated carbocycles. The molecule has 2 aliphatic carbocycles. The summed E-state index contributed by atoms with van der Waals surface area (Å²) in [6.07, 6.45) is 8.96. The van der Waals surface area contributed by atoms with E-state index in [9.17, 15) is 0 Å². The summed E-state index contributed by atoms with van der Waals surface area (Å²) in [7, 11) is 0. The van der Waals surface area contributed by atoms with Crippen LogP contribution in [-0.2, 0) is 0 Å². The highest BCUT2D eigenvalue weighted by Gasteiger charge is 2.46. The van der Waals surface area contributed by atoms with E-state index in [0.717, 1.165) is 16.7 Å². The largest absolute Gasteiger partial charge is 0.0884 e. The van der Waals surface area contributed by atoms with Gasteiger partial charge in [-0.15, -0.1) is 0 Å². The average molecular weight is 203 g/mol. The van der Waals surface area contributed by atoms with Gasteiger partial charge >= 0.3 is 0 Å². The number of rotatable bonds is 0. The molecule has 0 nitrogen and oxygen atoms in total. The van der Waals surface area contributed by atoms with Gasteiger partial charge in [-0.2, -0.15) is 0 Å². The Morgan fingerprint density at radius 2 is 1.30 bits per heavy atom. The van der Waals surface area contributed by atoms with Crippen molar-refractivity contribution in [2.75, 3.05) is 0 Å². The maximum atomic E-state index is 3.74. The van der Waals surface area contributed by atoms with Gasteiger partial charge in [0.05, 0.1) is 0 Å². The lowest BCUT2D eigenvalue weighted by molar-refractivity contribution is 0.485. The van der Waals surface area contributed by atoms with E-state index >= 15 is 0 Å². The van der Waals surface area contributed by atoms with Gasteiger partial charge in [0.25, 0.3) is 0 Å². The highest BCUT2D eigenvalue weighted by atomic mass is 79.9. The van der Waals surface area contributed by atoms with E-state index in [-0.39, 0.29) is 0 Å². The Kier molecular flexibility index (Phi) is 2.03. The van der Waals surface area contributed by atoms with Crippen molar-refractivity contribution in [3.8, 4) is 0 Å². The molecule has 0 saturated heterocycles. The summed E-state index contributed by atoms with van der Waals surface area (Å²) < 4.78 is 0. The molecule has 0 N–H and O–H groups in total. The second-order valence-electron chi connectivity index (χ2n) is 3.76. The van der Waals surface area contributed by atoms with Crippen molar-refractivity contribution >= 4 is 15.9 Å². The van der Waals surface area contributed by atoms with Gasteiger partial charge < -0.3 is 0 Å². The summed E-state index contributed by atoms with van der Waals surface area (Å²) >= 11 is 3.74. The van der Waals surface area contributed by atoms with E-state index in [1.165, 1.54) is 38.5 Å². The first kappa shape index (κ1) is 7.15. The van der Waals surface area contributed by atoms with Crippen LogP contribution < -0.4 is 0 Å². The molecular weight excluding hydrogens is 188 g/mol. The fourth-order valence-electron chi connectivity index (χ4n) is 2.26. The minimum absolute atomic E-state index is 0.908. The van der Waals surface area contributed by atoms with Gasteiger partial charge in [0.2, 0.25) is 0 Å². The molecule has 0 bridgehead atoms. The van der Waals surface area contributed by atoms with Crippen LogP contribution in [0.1, 0.15) is 38.5 Å². The van der Waals surface area contributed by atoms with Crippen LogP contribution in [0, 0.1) is 11.8 Å². The third-order valence-corrected chi connectivity index (χ3v) is 4.41. The van der Waals surface area contributed by atoms with Gasteiger partial charge in [-0.1, -0.05) is 41.6 Å². The van der Waals surface area contributed by atoms with Gasteiger partial charge in [0.1, 0.15) is 0 Å². The summed E-state index contributed by atoms with van der Waals surface area (Å²) in [5.74, 6) is 2.14. The predicted octanol–water partition coefficient (Wildman–Crippen LogP) is 3.35. The maximum Gasteiger partial charge on any atom is 0.0208 e. The molecule has 0 spiro atoms. The van der Waals surface area contributed by atoms with Crippen LogP contribution >= 0.6 is 15.9 Å². The maximum absolute atomic E-state index is 3.74. The molecule has 0 radical (unpaired) electrons. The minimum atomic E-state index is 0.908. The molecule has 0 aliphatic heterocycles. The normalized spacial score (nSPS) is 47.1. The zero-order chi connectivity index (χ0) is 6.97. The molecule has 2 aliphatic rings. The molecule has 0 amide bonds. The molecule has 0 aromatic heterocycles. The van der Waals surface area contributed by atoms with Crippen LogP contribution in [0.3, 0.4) is 0 Å². The van der Waals surface area contributed by atoms with E-state index in [2.05, 4.69) is 15.9 Å². The fraction of sp³-hybridized carbons (Fsp3) is 1.00. The van der Waals surface area contributed by atoms with Gasteiger partial charge in [0, 0.05) is 4.83 Å². The lowest BCUT2D eigenvalue weighted by atomic mass is 10.0. The molecule has 0 aromatic rings. The van der Waals surface area contributed by atoms with E-state index < -0.39 is 0 Å². The zero-order valence-corrected chi connectivity index (χ0v) is 7.94. The first-order valence-electron chi connectivity index (χ1n) is 4.53. The van der Waals surface area contributed by atoms with Crippen LogP contribution in [0.15, 0.2) is 0 Å². The summed E-state index contributed by atoms with van der Waals surface area (Å²) in [5.41, 5.74) is 0. The SMILES string of the molecule is BrC1[C@H]2CCCCCC[C@H]12. The Morgan fingerprint density at radius 3 is 1.80 bits per heavy atom. The molecule has 2 fully saturated rings. The highest BCUT2D eigenvalue weighted by Crippen LogP contribution is 2.52. The van der Waals surface area contributed by atoms with Crippen LogP contribution in [0.4, 0.5) is 0 Å². The Morgan fingerprint density at radius 1 is 0.800 bits per heavy atom. The number of halogens is 1. The van der Waals surface area contributed by atoms with Gasteiger partial charge in [-0.05, 0) is 24.7 Å². The second kappa shape index (κ2) is 2.84. The lowest BCUT2D eigenvalue weighted by Gasteiger charge is -2.04. The molecule has 0 unspecified atom stereocenters. The third-order valence-electron chi connectivity index (χ3n) is 3.05. The van der Waals surface area contributed by atoms with Crippen molar-refractivity contribution in [3.63, 3.8) is 0 Å². The average Bonchev–Trinajstić information content (AvgIpc) is 2.39. The van der Waals surface area contributed by atoms with Gasteiger partial charge in [-0.3, -0.25) is 0 Å². The topological polar surface area (TPSA) is 0 Å². The Balaban J connectivity index is 1.86. The first-order valence-corrected chi connectivity index (χ1v) is 5.45. The molecule has 1 heteroatoms. The third kappa shape index (κ3) is 1.25. The van der Waals surface area contributed by atoms with Gasteiger partial charge in [0.15, 0.2) is 0 Å². The zero-order valence-electron chi connectivity index (χ0n) is 6.35. The van der Waals surface area contributed by atoms with Gasteiger partial charge in [-0.25, -0.2) is 0 Å². The fourth-order valence-corrected chi connectivity index (χ4v) is 3.39. The van der Waals surface area contributed by atoms with Crippen molar-refractivity contribution in [3.05, 3.63) is 0 Å². The summed E-state index contributed by atoms with van der Waals surface area (Å²) in [6, 6.07) is 0. The van der Waals surface area contributed by atoms with Crippen molar-refractivity contribution in [2.24, 2.45) is 11.8 Å². The number of hydrogen-bond acceptors (Lipinski definition) is 0. The Bertz CT molecular complexity index is 108. The van der Waals surface area contributed by atoms with Crippen LogP contribution in [-0.4, -0.2) is 4.83 Å². The number of hydrogen-bond donors (Lipinski definition) is 0. The van der Waals surface area contributed by atoms with E-state index in [4.69, 9.17) is 0 Å². The van der Waals surface area contributed by atoms with Crippen molar-refractivity contribution in [1.82, 2.24) is 0 Å². The van der Waals surface area contributed by atoms with E-state index in [0.29, 0.717) is 0 Å². The van der Waals surface area contributed by atoms with E-state index in [1.807, 2.05) is 0 Å². The van der Waals surface area contributed by atoms with Crippen LogP contribution in [0.5, 0.6) is 0 Å². The number of alkyl halides is 1. The monoisotopic (exact) mass is 202 g/mol. The van der Waals surface area contributed by atoms with Crippen molar-refractivity contribution in [1.29, 1.82) is 0 Å². The van der Waals surface area contributed by atoms with Crippen molar-refractivity contribution in [2.45, 2.75) is 43.4 Å². The second-order valence-corrected chi connectivity index (χ2v) is 4.82. The standard InChI is InChI=1S/C9H15Br/c10-9-7-5-3-1-2-4-6-8(7)9/h7-9H,1-6H2/t7-,8-/m0/s1. The summed E-state index contributed by atoms with van der Waals surface area (Å²) in [6.45, 7) is 0. The minimum Gasteiger partial charge on any atom is -0.0884 e. The predicted molar refractivity (Wildman–Crippen MR) is 47.4 cm³/mol. The van der Waals surface area contributed by atoms with Crippen molar-refractivity contribution < 1.29 is 0 Å². The molecule has 10 heavy (non-hydrogen) atoms. The lowest BCUT2D eigenvalue weighted by Crippen LogP contribution is -1.90. The summed E-state index contributed by atoms with van der Waals surface area (Å²) in [5, 5.41) is 0. The van der Waals surface area contributed by atoms with Crippen LogP contribution in [0.25, 0.3) is 0 Å². The Hall–Kier alpha value is 0.480. The molecule has 2 rings (SSSR count). The molecular formula is C9H15Br. The molecule has 0 heterocycles. The molecule has 2 atom stereocenters. The number of fused-ring (bicyclic) bond motifs is 1. The van der Waals surface area contributed by atoms with E-state index in [1.54, 1.807) is 0 Å². The smallest absolute Gasteiger partial charge is 0.0208 e.